The molecular formula is C10H19N5O2. The van der Waals surface area contributed by atoms with Crippen LogP contribution in [-0.2, 0) is 4.74 Å². The third-order valence-corrected chi connectivity index (χ3v) is 2.15. The highest BCUT2D eigenvalue weighted by Gasteiger charge is 2.08. The molecule has 17 heavy (non-hydrogen) atoms. The molecule has 1 aromatic heterocycles. The topological polar surface area (TPSA) is 81.2 Å². The molecule has 1 heterocycles. The van der Waals surface area contributed by atoms with Crippen molar-refractivity contribution in [2.24, 2.45) is 0 Å². The molecule has 1 rings (SSSR count). The first-order valence-electron chi connectivity index (χ1n) is 5.43. The zero-order chi connectivity index (χ0) is 12.7. The molecule has 96 valence electrons. The van der Waals surface area contributed by atoms with Crippen LogP contribution < -0.4 is 15.4 Å². The van der Waals surface area contributed by atoms with Gasteiger partial charge in [-0.3, -0.25) is 0 Å². The van der Waals surface area contributed by atoms with Crippen molar-refractivity contribution < 1.29 is 9.47 Å². The number of methoxy groups -OCH3 is 2. The Labute approximate surface area is 101 Å². The van der Waals surface area contributed by atoms with Crippen LogP contribution in [0.4, 0.5) is 11.9 Å². The lowest BCUT2D eigenvalue weighted by molar-refractivity contribution is 0.191. The van der Waals surface area contributed by atoms with E-state index in [-0.39, 0.29) is 12.1 Å². The van der Waals surface area contributed by atoms with E-state index >= 15 is 0 Å². The lowest BCUT2D eigenvalue weighted by Gasteiger charge is -2.13. The van der Waals surface area contributed by atoms with Gasteiger partial charge in [0.25, 0.3) is 0 Å². The molecule has 0 spiro atoms. The number of anilines is 2. The Kier molecular flexibility index (Phi) is 5.41. The number of nitrogens with zero attached hydrogens (tertiary/aromatic N) is 3. The van der Waals surface area contributed by atoms with Crippen molar-refractivity contribution in [3.05, 3.63) is 0 Å². The largest absolute Gasteiger partial charge is 0.467 e. The van der Waals surface area contributed by atoms with Crippen molar-refractivity contribution in [1.29, 1.82) is 0 Å². The van der Waals surface area contributed by atoms with Gasteiger partial charge in [0.1, 0.15) is 0 Å². The minimum Gasteiger partial charge on any atom is -0.467 e. The lowest BCUT2D eigenvalue weighted by Crippen LogP contribution is -2.19. The standard InChI is InChI=1S/C10H19N5O2/c1-7(5-6-16-3)12-9-13-8(11-2)14-10(15-9)17-4/h7H,5-6H2,1-4H3,(H2,11,12,13,14,15). The highest BCUT2D eigenvalue weighted by Crippen LogP contribution is 2.11. The van der Waals surface area contributed by atoms with Gasteiger partial charge in [-0.1, -0.05) is 0 Å². The summed E-state index contributed by atoms with van der Waals surface area (Å²) < 4.78 is 10.0. The molecule has 2 N–H and O–H groups in total. The molecule has 0 amide bonds. The van der Waals surface area contributed by atoms with Gasteiger partial charge in [-0.05, 0) is 13.3 Å². The molecule has 1 atom stereocenters. The SMILES string of the molecule is CNc1nc(NC(C)CCOC)nc(OC)n1. The van der Waals surface area contributed by atoms with Crippen LogP contribution in [-0.4, -0.2) is 48.9 Å². The molecule has 0 fully saturated rings. The predicted molar refractivity (Wildman–Crippen MR) is 65.5 cm³/mol. The molecular weight excluding hydrogens is 222 g/mol. The van der Waals surface area contributed by atoms with Crippen LogP contribution in [0.5, 0.6) is 6.01 Å². The fourth-order valence-electron chi connectivity index (χ4n) is 1.21. The summed E-state index contributed by atoms with van der Waals surface area (Å²) in [5.74, 6) is 0.961. The number of hydrogen-bond donors (Lipinski definition) is 2. The summed E-state index contributed by atoms with van der Waals surface area (Å²) >= 11 is 0. The summed E-state index contributed by atoms with van der Waals surface area (Å²) in [6.45, 7) is 2.73. The molecule has 0 aliphatic rings. The van der Waals surface area contributed by atoms with Gasteiger partial charge in [0.05, 0.1) is 7.11 Å². The van der Waals surface area contributed by atoms with Crippen molar-refractivity contribution in [1.82, 2.24) is 15.0 Å². The zero-order valence-electron chi connectivity index (χ0n) is 10.6. The maximum absolute atomic E-state index is 5.01. The first-order valence-corrected chi connectivity index (χ1v) is 5.43. The van der Waals surface area contributed by atoms with E-state index in [4.69, 9.17) is 9.47 Å². The maximum atomic E-state index is 5.01. The van der Waals surface area contributed by atoms with Gasteiger partial charge in [0.2, 0.25) is 11.9 Å². The smallest absolute Gasteiger partial charge is 0.322 e. The Balaban J connectivity index is 2.68. The fraction of sp³-hybridized carbons (Fsp3) is 0.700. The lowest BCUT2D eigenvalue weighted by atomic mass is 10.2. The number of hydrogen-bond acceptors (Lipinski definition) is 7. The molecule has 0 saturated carbocycles. The van der Waals surface area contributed by atoms with Crippen molar-refractivity contribution >= 4 is 11.9 Å². The monoisotopic (exact) mass is 241 g/mol. The molecule has 0 radical (unpaired) electrons. The average Bonchev–Trinajstić information content (AvgIpc) is 2.35. The first-order chi connectivity index (χ1) is 8.19. The van der Waals surface area contributed by atoms with E-state index < -0.39 is 0 Å². The van der Waals surface area contributed by atoms with Crippen molar-refractivity contribution in [2.45, 2.75) is 19.4 Å². The Morgan fingerprint density at radius 3 is 2.47 bits per heavy atom. The Morgan fingerprint density at radius 1 is 1.18 bits per heavy atom. The van der Waals surface area contributed by atoms with E-state index in [2.05, 4.69) is 25.6 Å². The second-order valence-corrected chi connectivity index (χ2v) is 3.55. The van der Waals surface area contributed by atoms with Gasteiger partial charge >= 0.3 is 6.01 Å². The van der Waals surface area contributed by atoms with E-state index in [1.165, 1.54) is 7.11 Å². The summed E-state index contributed by atoms with van der Waals surface area (Å²) in [5, 5.41) is 6.02. The van der Waals surface area contributed by atoms with E-state index in [1.807, 2.05) is 6.92 Å². The normalized spacial score (nSPS) is 12.0. The van der Waals surface area contributed by atoms with Crippen LogP contribution in [0.3, 0.4) is 0 Å². The van der Waals surface area contributed by atoms with Crippen molar-refractivity contribution in [3.63, 3.8) is 0 Å². The van der Waals surface area contributed by atoms with Crippen LogP contribution >= 0.6 is 0 Å². The van der Waals surface area contributed by atoms with Gasteiger partial charge in [-0.15, -0.1) is 0 Å². The van der Waals surface area contributed by atoms with Gasteiger partial charge < -0.3 is 20.1 Å². The molecule has 0 bridgehead atoms. The Bertz CT molecular complexity index is 325. The van der Waals surface area contributed by atoms with Crippen LogP contribution in [0.1, 0.15) is 13.3 Å². The van der Waals surface area contributed by atoms with Crippen LogP contribution in [0, 0.1) is 0 Å². The van der Waals surface area contributed by atoms with E-state index in [1.54, 1.807) is 14.2 Å². The van der Waals surface area contributed by atoms with Crippen molar-refractivity contribution in [3.8, 4) is 6.01 Å². The predicted octanol–water partition coefficient (Wildman–Crippen LogP) is 0.759. The maximum Gasteiger partial charge on any atom is 0.322 e. The number of rotatable bonds is 7. The molecule has 0 saturated heterocycles. The highest BCUT2D eigenvalue weighted by atomic mass is 16.5. The zero-order valence-corrected chi connectivity index (χ0v) is 10.6. The third-order valence-electron chi connectivity index (χ3n) is 2.15. The van der Waals surface area contributed by atoms with Crippen LogP contribution in [0.15, 0.2) is 0 Å². The minimum atomic E-state index is 0.215. The van der Waals surface area contributed by atoms with Crippen LogP contribution in [0.2, 0.25) is 0 Å². The molecule has 0 aliphatic heterocycles. The number of aromatic nitrogens is 3. The fourth-order valence-corrected chi connectivity index (χ4v) is 1.21. The van der Waals surface area contributed by atoms with E-state index in [0.29, 0.717) is 18.5 Å². The summed E-state index contributed by atoms with van der Waals surface area (Å²) in [6.07, 6.45) is 0.874. The summed E-state index contributed by atoms with van der Waals surface area (Å²) in [4.78, 5) is 12.3. The summed E-state index contributed by atoms with van der Waals surface area (Å²) in [7, 11) is 4.94. The van der Waals surface area contributed by atoms with Gasteiger partial charge in [0.15, 0.2) is 0 Å². The highest BCUT2D eigenvalue weighted by molar-refractivity contribution is 5.35. The van der Waals surface area contributed by atoms with Crippen LogP contribution in [0.25, 0.3) is 0 Å². The first kappa shape index (κ1) is 13.4. The Hall–Kier alpha value is -1.63. The van der Waals surface area contributed by atoms with Crippen molar-refractivity contribution in [2.75, 3.05) is 38.5 Å². The van der Waals surface area contributed by atoms with Gasteiger partial charge in [-0.2, -0.15) is 15.0 Å². The molecule has 7 heteroatoms. The molecule has 1 unspecified atom stereocenters. The average molecular weight is 241 g/mol. The van der Waals surface area contributed by atoms with E-state index in [0.717, 1.165) is 6.42 Å². The summed E-state index contributed by atoms with van der Waals surface area (Å²) in [5.41, 5.74) is 0. The third kappa shape index (κ3) is 4.39. The molecule has 7 nitrogen and oxygen atoms in total. The van der Waals surface area contributed by atoms with E-state index in [9.17, 15) is 0 Å². The second-order valence-electron chi connectivity index (χ2n) is 3.55. The molecule has 0 aliphatic carbocycles. The minimum absolute atomic E-state index is 0.215. The molecule has 0 aromatic carbocycles. The number of ether oxygens (including phenoxy) is 2. The second kappa shape index (κ2) is 6.85. The van der Waals surface area contributed by atoms with Gasteiger partial charge in [0, 0.05) is 26.8 Å². The quantitative estimate of drug-likeness (QED) is 0.729. The summed E-state index contributed by atoms with van der Waals surface area (Å²) in [6, 6.07) is 0.498. The number of nitrogens with one attached hydrogen (secondary N) is 2. The Morgan fingerprint density at radius 2 is 1.88 bits per heavy atom. The molecule has 1 aromatic rings. The van der Waals surface area contributed by atoms with Gasteiger partial charge in [-0.25, -0.2) is 0 Å².